The lowest BCUT2D eigenvalue weighted by atomic mass is 10.0. The molecule has 200 valence electrons. The molecule has 2 aromatic rings. The minimum Gasteiger partial charge on any atom is -0.497 e. The third kappa shape index (κ3) is 6.60. The highest BCUT2D eigenvalue weighted by Gasteiger charge is 2.36. The molecule has 0 radical (unpaired) electrons. The summed E-state index contributed by atoms with van der Waals surface area (Å²) in [5.41, 5.74) is 0.822. The lowest BCUT2D eigenvalue weighted by Gasteiger charge is -2.37. The van der Waals surface area contributed by atoms with Crippen LogP contribution in [0.1, 0.15) is 49.5 Å². The molecule has 0 unspecified atom stereocenters. The lowest BCUT2D eigenvalue weighted by Crippen LogP contribution is -2.50. The summed E-state index contributed by atoms with van der Waals surface area (Å²) in [5.74, 6) is 6.05. The Hall–Kier alpha value is -3.13. The van der Waals surface area contributed by atoms with Crippen molar-refractivity contribution in [1.82, 2.24) is 14.2 Å². The van der Waals surface area contributed by atoms with Crippen LogP contribution in [0, 0.1) is 17.8 Å². The van der Waals surface area contributed by atoms with Crippen molar-refractivity contribution in [3.8, 4) is 23.5 Å². The van der Waals surface area contributed by atoms with E-state index in [1.807, 2.05) is 13.8 Å². The van der Waals surface area contributed by atoms with Gasteiger partial charge in [-0.2, -0.15) is 4.31 Å². The number of unbranched alkanes of at least 4 members (excludes halogenated alkanes) is 1. The maximum absolute atomic E-state index is 13.5. The highest BCUT2D eigenvalue weighted by molar-refractivity contribution is 7.89. The third-order valence-electron chi connectivity index (χ3n) is 6.32. The van der Waals surface area contributed by atoms with Crippen molar-refractivity contribution in [2.45, 2.75) is 50.7 Å². The zero-order valence-corrected chi connectivity index (χ0v) is 22.8. The molecular formula is C27H35N3O6S. The number of methoxy groups -OCH3 is 1. The summed E-state index contributed by atoms with van der Waals surface area (Å²) in [5, 5.41) is 9.82. The molecule has 0 aliphatic carbocycles. The molecule has 1 amide bonds. The van der Waals surface area contributed by atoms with Gasteiger partial charge in [-0.3, -0.25) is 4.79 Å². The number of hydrogen-bond donors (Lipinski definition) is 1. The number of sulfonamides is 1. The lowest BCUT2D eigenvalue weighted by molar-refractivity contribution is 0.0373. The maximum Gasteiger partial charge on any atom is 0.259 e. The van der Waals surface area contributed by atoms with Crippen molar-refractivity contribution in [1.29, 1.82) is 0 Å². The number of aliphatic hydroxyl groups is 1. The van der Waals surface area contributed by atoms with Crippen molar-refractivity contribution < 1.29 is 27.8 Å². The van der Waals surface area contributed by atoms with E-state index in [2.05, 4.69) is 16.8 Å². The fraction of sp³-hybridized carbons (Fsp3) is 0.481. The third-order valence-corrected chi connectivity index (χ3v) is 8.13. The summed E-state index contributed by atoms with van der Waals surface area (Å²) < 4.78 is 39.2. The molecule has 1 aromatic carbocycles. The van der Waals surface area contributed by atoms with Gasteiger partial charge in [0.2, 0.25) is 15.9 Å². The van der Waals surface area contributed by atoms with Crippen LogP contribution in [0.4, 0.5) is 0 Å². The summed E-state index contributed by atoms with van der Waals surface area (Å²) in [7, 11) is -0.876. The first kappa shape index (κ1) is 28.4. The fourth-order valence-corrected chi connectivity index (χ4v) is 5.19. The Balaban J connectivity index is 1.97. The van der Waals surface area contributed by atoms with E-state index < -0.39 is 22.2 Å². The van der Waals surface area contributed by atoms with E-state index in [0.717, 1.165) is 12.8 Å². The number of amides is 1. The van der Waals surface area contributed by atoms with Crippen molar-refractivity contribution in [3.63, 3.8) is 0 Å². The van der Waals surface area contributed by atoms with E-state index in [1.165, 1.54) is 30.6 Å². The van der Waals surface area contributed by atoms with Crippen LogP contribution in [-0.2, 0) is 10.0 Å². The Morgan fingerprint density at radius 2 is 2.11 bits per heavy atom. The van der Waals surface area contributed by atoms with Crippen LogP contribution in [0.2, 0.25) is 0 Å². The van der Waals surface area contributed by atoms with Crippen molar-refractivity contribution >= 4 is 15.9 Å². The average molecular weight is 530 g/mol. The van der Waals surface area contributed by atoms with Gasteiger partial charge in [0.05, 0.1) is 31.2 Å². The summed E-state index contributed by atoms with van der Waals surface area (Å²) in [6.45, 7) is 5.76. The Morgan fingerprint density at radius 1 is 1.35 bits per heavy atom. The van der Waals surface area contributed by atoms with Gasteiger partial charge in [0.15, 0.2) is 0 Å². The molecule has 1 aliphatic heterocycles. The average Bonchev–Trinajstić information content (AvgIpc) is 2.90. The standard InChI is InChI=1S/C27H35N3O6S/c1-6-7-8-10-21-13-24-26(28-15-21)36-25(19(2)16-30(27(24)32)20(3)18-31)17-29(4)37(33,34)23-12-9-11-22(14-23)35-5/h9,11-15,19-20,25,31H,6-7,16-18H2,1-5H3/t19-,20-,25-/m0/s1. The second-order valence-electron chi connectivity index (χ2n) is 9.22. The number of ether oxygens (including phenoxy) is 2. The number of benzene rings is 1. The minimum absolute atomic E-state index is 0.0232. The molecule has 1 N–H and O–H groups in total. The number of aromatic nitrogens is 1. The minimum atomic E-state index is -3.84. The molecule has 0 spiro atoms. The van der Waals surface area contributed by atoms with Gasteiger partial charge in [0.25, 0.3) is 5.91 Å². The quantitative estimate of drug-likeness (QED) is 0.524. The molecule has 0 fully saturated rings. The van der Waals surface area contributed by atoms with Crippen LogP contribution >= 0.6 is 0 Å². The van der Waals surface area contributed by atoms with Gasteiger partial charge >= 0.3 is 0 Å². The predicted octanol–water partition coefficient (Wildman–Crippen LogP) is 2.78. The van der Waals surface area contributed by atoms with Gasteiger partial charge < -0.3 is 19.5 Å². The molecule has 2 heterocycles. The number of aliphatic hydroxyl groups excluding tert-OH is 1. The van der Waals surface area contributed by atoms with Crippen LogP contribution in [0.25, 0.3) is 0 Å². The van der Waals surface area contributed by atoms with Crippen LogP contribution in [0.3, 0.4) is 0 Å². The second kappa shape index (κ2) is 12.4. The molecule has 0 saturated heterocycles. The summed E-state index contributed by atoms with van der Waals surface area (Å²) in [6, 6.07) is 7.47. The molecule has 0 saturated carbocycles. The van der Waals surface area contributed by atoms with E-state index in [4.69, 9.17) is 9.47 Å². The number of likely N-dealkylation sites (N-methyl/N-ethyl adjacent to an activating group) is 1. The second-order valence-corrected chi connectivity index (χ2v) is 11.3. The number of nitrogens with zero attached hydrogens (tertiary/aromatic N) is 3. The molecule has 0 bridgehead atoms. The van der Waals surface area contributed by atoms with Crippen LogP contribution in [0.15, 0.2) is 41.4 Å². The van der Waals surface area contributed by atoms with E-state index in [-0.39, 0.29) is 47.9 Å². The topological polar surface area (TPSA) is 109 Å². The van der Waals surface area contributed by atoms with Gasteiger partial charge in [-0.05, 0) is 31.5 Å². The maximum atomic E-state index is 13.5. The van der Waals surface area contributed by atoms with Gasteiger partial charge in [0.1, 0.15) is 17.4 Å². The van der Waals surface area contributed by atoms with Gasteiger partial charge in [-0.1, -0.05) is 31.8 Å². The number of pyridine rings is 1. The highest BCUT2D eigenvalue weighted by atomic mass is 32.2. The molecule has 3 atom stereocenters. The van der Waals surface area contributed by atoms with E-state index in [9.17, 15) is 18.3 Å². The smallest absolute Gasteiger partial charge is 0.259 e. The number of fused-ring (bicyclic) bond motifs is 1. The fourth-order valence-electron chi connectivity index (χ4n) is 3.97. The highest BCUT2D eigenvalue weighted by Crippen LogP contribution is 2.28. The molecular weight excluding hydrogens is 494 g/mol. The summed E-state index contributed by atoms with van der Waals surface area (Å²) in [4.78, 5) is 19.6. The van der Waals surface area contributed by atoms with Crippen LogP contribution in [0.5, 0.6) is 11.6 Å². The van der Waals surface area contributed by atoms with E-state index >= 15 is 0 Å². The zero-order valence-electron chi connectivity index (χ0n) is 22.0. The van der Waals surface area contributed by atoms with Crippen molar-refractivity contribution in [3.05, 3.63) is 47.7 Å². The molecule has 9 nitrogen and oxygen atoms in total. The summed E-state index contributed by atoms with van der Waals surface area (Å²) >= 11 is 0. The Bertz CT molecular complexity index is 1270. The Kier molecular flexibility index (Phi) is 9.54. The van der Waals surface area contributed by atoms with Gasteiger partial charge in [0, 0.05) is 43.8 Å². The number of carbonyl (C=O) groups is 1. The molecule has 1 aromatic heterocycles. The first-order valence-corrected chi connectivity index (χ1v) is 13.7. The summed E-state index contributed by atoms with van der Waals surface area (Å²) in [6.07, 6.45) is 2.58. The van der Waals surface area contributed by atoms with E-state index in [1.54, 1.807) is 36.2 Å². The Labute approximate surface area is 219 Å². The van der Waals surface area contributed by atoms with E-state index in [0.29, 0.717) is 11.3 Å². The number of carbonyl (C=O) groups excluding carboxylic acids is 1. The molecule has 1 aliphatic rings. The molecule has 37 heavy (non-hydrogen) atoms. The zero-order chi connectivity index (χ0) is 27.2. The monoisotopic (exact) mass is 529 g/mol. The first-order chi connectivity index (χ1) is 17.6. The molecule has 10 heteroatoms. The van der Waals surface area contributed by atoms with Crippen molar-refractivity contribution in [2.24, 2.45) is 5.92 Å². The number of rotatable bonds is 8. The predicted molar refractivity (Wildman–Crippen MR) is 140 cm³/mol. The van der Waals surface area contributed by atoms with Crippen LogP contribution < -0.4 is 9.47 Å². The normalized spacial score (nSPS) is 18.7. The van der Waals surface area contributed by atoms with Crippen molar-refractivity contribution in [2.75, 3.05) is 33.9 Å². The largest absolute Gasteiger partial charge is 0.497 e. The van der Waals surface area contributed by atoms with Gasteiger partial charge in [-0.25, -0.2) is 13.4 Å². The van der Waals surface area contributed by atoms with Gasteiger partial charge in [-0.15, -0.1) is 0 Å². The first-order valence-electron chi connectivity index (χ1n) is 12.3. The van der Waals surface area contributed by atoms with Crippen LogP contribution in [-0.4, -0.2) is 79.6 Å². The Morgan fingerprint density at radius 3 is 2.78 bits per heavy atom. The number of hydrogen-bond acceptors (Lipinski definition) is 7. The molecule has 3 rings (SSSR count). The SMILES string of the molecule is CCCC#Cc1cnc2c(c1)C(=O)N([C@@H](C)CO)C[C@H](C)[C@H](CN(C)S(=O)(=O)c1cccc(OC)c1)O2.